The number of halogens is 6. The second-order valence-corrected chi connectivity index (χ2v) is 21.2. The number of ether oxygens (including phenoxy) is 6. The summed E-state index contributed by atoms with van der Waals surface area (Å²) in [6.07, 6.45) is -7.85. The SMILES string of the molecule is COc1cc2c(cc1CO)[C@@H]1C[C@H](OC(=O)[C@@](OC)(c3ccccc3)C(F)(F)F)[C@H](CC(C)C)CN1CC2.COc1cc2c(cc1CO)[C@H]1C[C@@H](OC(=O)[C@@](OC)(c3ccccc3)C(F)(F)F)[C@@H](CC(C)C)CN1CC2. The van der Waals surface area contributed by atoms with Crippen molar-refractivity contribution in [1.82, 2.24) is 9.80 Å². The van der Waals surface area contributed by atoms with E-state index >= 15 is 0 Å². The van der Waals surface area contributed by atoms with Crippen molar-refractivity contribution >= 4 is 11.9 Å². The highest BCUT2D eigenvalue weighted by molar-refractivity contribution is 5.83. The fourth-order valence-electron chi connectivity index (χ4n) is 12.1. The fourth-order valence-corrected chi connectivity index (χ4v) is 12.1. The molecule has 8 atom stereocenters. The van der Waals surface area contributed by atoms with Crippen LogP contribution in [0.4, 0.5) is 26.3 Å². The van der Waals surface area contributed by atoms with Crippen molar-refractivity contribution in [2.75, 3.05) is 54.6 Å². The number of carbonyl (C=O) groups is 2. The number of esters is 2. The van der Waals surface area contributed by atoms with Gasteiger partial charge in [-0.15, -0.1) is 0 Å². The monoisotopic (exact) mass is 1070 g/mol. The van der Waals surface area contributed by atoms with E-state index in [9.17, 15) is 46.1 Å². The van der Waals surface area contributed by atoms with Gasteiger partial charge in [-0.05, 0) is 84.0 Å². The molecule has 0 amide bonds. The lowest BCUT2D eigenvalue weighted by Gasteiger charge is -2.48. The standard InChI is InChI=1S/2C29H36F3NO5/c2*1-18(2)12-20-16-33-11-10-19-14-25(36-3)21(17-34)13-23(19)24(33)15-26(20)38-27(35)28(37-4,29(30,31)32)22-8-6-5-7-9-22/h2*5-9,13-14,18,20,24,26,34H,10-12,15-17H2,1-4H3/t20-,24+,26+,28+;20-,24+,26+,28-/m10/s1. The Morgan fingerprint density at radius 2 is 0.934 bits per heavy atom. The number of aliphatic hydroxyl groups is 2. The number of aliphatic hydroxyl groups excluding tert-OH is 2. The van der Waals surface area contributed by atoms with Crippen molar-refractivity contribution < 1.29 is 74.6 Å². The maximum absolute atomic E-state index is 14.5. The van der Waals surface area contributed by atoms with Crippen molar-refractivity contribution in [1.29, 1.82) is 0 Å². The minimum absolute atomic E-state index is 0.133. The zero-order valence-corrected chi connectivity index (χ0v) is 44.5. The molecule has 0 saturated carbocycles. The summed E-state index contributed by atoms with van der Waals surface area (Å²) in [7, 11) is 4.88. The number of rotatable bonds is 16. The summed E-state index contributed by atoms with van der Waals surface area (Å²) in [5, 5.41) is 19.8. The van der Waals surface area contributed by atoms with Gasteiger partial charge in [-0.1, -0.05) is 88.4 Å². The van der Waals surface area contributed by atoms with E-state index in [4.69, 9.17) is 28.4 Å². The lowest BCUT2D eigenvalue weighted by molar-refractivity contribution is -0.280. The Bertz CT molecular complexity index is 2420. The molecule has 18 heteroatoms. The highest BCUT2D eigenvalue weighted by Gasteiger charge is 2.66. The van der Waals surface area contributed by atoms with Crippen LogP contribution < -0.4 is 9.47 Å². The first-order valence-electron chi connectivity index (χ1n) is 26.0. The largest absolute Gasteiger partial charge is 0.496 e. The first kappa shape index (κ1) is 58.4. The Morgan fingerprint density at radius 3 is 1.22 bits per heavy atom. The van der Waals surface area contributed by atoms with Crippen LogP contribution in [0, 0.1) is 23.7 Å². The van der Waals surface area contributed by atoms with Gasteiger partial charge in [-0.3, -0.25) is 9.80 Å². The molecule has 76 heavy (non-hydrogen) atoms. The van der Waals surface area contributed by atoms with Crippen molar-refractivity contribution in [3.8, 4) is 11.5 Å². The Kier molecular flexibility index (Phi) is 18.6. The molecule has 2 saturated heterocycles. The van der Waals surface area contributed by atoms with Gasteiger partial charge in [0.25, 0.3) is 11.2 Å². The van der Waals surface area contributed by atoms with Crippen molar-refractivity contribution in [2.45, 2.75) is 127 Å². The molecule has 0 radical (unpaired) electrons. The first-order chi connectivity index (χ1) is 36.1. The molecule has 8 rings (SSSR count). The molecular formula is C58H72F6N2O10. The van der Waals surface area contributed by atoms with Gasteiger partial charge in [-0.25, -0.2) is 9.59 Å². The van der Waals surface area contributed by atoms with Crippen LogP contribution in [0.1, 0.15) is 110 Å². The number of piperidine rings is 2. The molecule has 0 unspecified atom stereocenters. The summed E-state index contributed by atoms with van der Waals surface area (Å²) in [6.45, 7) is 10.6. The van der Waals surface area contributed by atoms with E-state index in [0.717, 1.165) is 62.4 Å². The molecule has 4 aromatic carbocycles. The summed E-state index contributed by atoms with van der Waals surface area (Å²) in [5.74, 6) is -1.42. The minimum atomic E-state index is -5.03. The van der Waals surface area contributed by atoms with E-state index in [0.29, 0.717) is 61.4 Å². The topological polar surface area (TPSA) is 136 Å². The Morgan fingerprint density at radius 1 is 0.579 bits per heavy atom. The summed E-state index contributed by atoms with van der Waals surface area (Å²) < 4.78 is 120. The van der Waals surface area contributed by atoms with Crippen LogP contribution in [0.3, 0.4) is 0 Å². The normalized spacial score (nSPS) is 23.3. The number of alkyl halides is 6. The van der Waals surface area contributed by atoms with Crippen molar-refractivity contribution in [2.24, 2.45) is 23.7 Å². The molecule has 0 bridgehead atoms. The zero-order chi connectivity index (χ0) is 55.3. The summed E-state index contributed by atoms with van der Waals surface area (Å²) >= 11 is 0. The minimum Gasteiger partial charge on any atom is -0.496 e. The van der Waals surface area contributed by atoms with E-state index in [-0.39, 0.29) is 60.1 Å². The number of methoxy groups -OCH3 is 4. The number of benzene rings is 4. The maximum Gasteiger partial charge on any atom is 0.432 e. The molecule has 4 aromatic rings. The molecule has 2 fully saturated rings. The average Bonchev–Trinajstić information content (AvgIpc) is 3.39. The van der Waals surface area contributed by atoms with Gasteiger partial charge in [-0.2, -0.15) is 26.3 Å². The quantitative estimate of drug-likeness (QED) is 0.0817. The highest BCUT2D eigenvalue weighted by atomic mass is 19.4. The van der Waals surface area contributed by atoms with Crippen LogP contribution in [-0.4, -0.2) is 111 Å². The van der Waals surface area contributed by atoms with E-state index in [1.807, 2.05) is 24.3 Å². The molecule has 2 N–H and O–H groups in total. The van der Waals surface area contributed by atoms with E-state index < -0.39 is 47.7 Å². The van der Waals surface area contributed by atoms with Crippen LogP contribution >= 0.6 is 0 Å². The summed E-state index contributed by atoms with van der Waals surface area (Å²) in [4.78, 5) is 31.6. The first-order valence-corrected chi connectivity index (χ1v) is 26.0. The molecule has 416 valence electrons. The number of carbonyl (C=O) groups excluding carboxylic acids is 2. The number of hydrogen-bond acceptors (Lipinski definition) is 12. The van der Waals surface area contributed by atoms with Crippen LogP contribution in [0.15, 0.2) is 84.9 Å². The zero-order valence-electron chi connectivity index (χ0n) is 44.5. The molecular weight excluding hydrogens is 999 g/mol. The van der Waals surface area contributed by atoms with Gasteiger partial charge in [0.2, 0.25) is 0 Å². The average molecular weight is 1070 g/mol. The number of hydrogen-bond donors (Lipinski definition) is 2. The summed E-state index contributed by atoms with van der Waals surface area (Å²) in [5.41, 5.74) is -1.69. The Balaban J connectivity index is 0.000000221. The van der Waals surface area contributed by atoms with Gasteiger partial charge >= 0.3 is 24.3 Å². The van der Waals surface area contributed by atoms with E-state index in [2.05, 4.69) is 37.5 Å². The molecule has 12 nitrogen and oxygen atoms in total. The maximum atomic E-state index is 14.5. The van der Waals surface area contributed by atoms with Crippen LogP contribution in [0.2, 0.25) is 0 Å². The molecule has 4 aliphatic heterocycles. The lowest BCUT2D eigenvalue weighted by atomic mass is 9.78. The van der Waals surface area contributed by atoms with Crippen molar-refractivity contribution in [3.05, 3.63) is 129 Å². The molecule has 4 aliphatic rings. The molecule has 4 heterocycles. The molecule has 0 aliphatic carbocycles. The second-order valence-electron chi connectivity index (χ2n) is 21.2. The Hall–Kier alpha value is -5.24. The molecule has 0 spiro atoms. The van der Waals surface area contributed by atoms with Crippen LogP contribution in [0.5, 0.6) is 11.5 Å². The smallest absolute Gasteiger partial charge is 0.432 e. The number of nitrogens with zero attached hydrogens (tertiary/aromatic N) is 2. The van der Waals surface area contributed by atoms with Crippen LogP contribution in [-0.2, 0) is 65.8 Å². The third-order valence-corrected chi connectivity index (χ3v) is 15.7. The third-order valence-electron chi connectivity index (χ3n) is 15.7. The van der Waals surface area contributed by atoms with Gasteiger partial charge < -0.3 is 38.6 Å². The third kappa shape index (κ3) is 11.6. The predicted octanol–water partition coefficient (Wildman–Crippen LogP) is 10.3. The summed E-state index contributed by atoms with van der Waals surface area (Å²) in [6, 6.07) is 21.2. The molecule has 0 aromatic heterocycles. The van der Waals surface area contributed by atoms with E-state index in [1.165, 1.54) is 48.5 Å². The number of fused-ring (bicyclic) bond motifs is 6. The second kappa shape index (κ2) is 24.2. The van der Waals surface area contributed by atoms with Gasteiger partial charge in [0.15, 0.2) is 0 Å². The predicted molar refractivity (Wildman–Crippen MR) is 271 cm³/mol. The lowest BCUT2D eigenvalue weighted by Crippen LogP contribution is -2.55. The van der Waals surface area contributed by atoms with Crippen molar-refractivity contribution in [3.63, 3.8) is 0 Å². The Labute approximate surface area is 441 Å². The fraction of sp³-hybridized carbons (Fsp3) is 0.552. The van der Waals surface area contributed by atoms with Gasteiger partial charge in [0.05, 0.1) is 27.4 Å². The van der Waals surface area contributed by atoms with E-state index in [1.54, 1.807) is 26.4 Å². The van der Waals surface area contributed by atoms with Gasteiger partial charge in [0, 0.05) is 99.4 Å². The highest BCUT2D eigenvalue weighted by Crippen LogP contribution is 2.49. The van der Waals surface area contributed by atoms with Crippen LogP contribution in [0.25, 0.3) is 0 Å². The van der Waals surface area contributed by atoms with Gasteiger partial charge in [0.1, 0.15) is 23.7 Å².